The first-order chi connectivity index (χ1) is 11.9. The molecule has 0 spiro atoms. The van der Waals surface area contributed by atoms with Crippen molar-refractivity contribution in [1.82, 2.24) is 4.98 Å². The minimum Gasteiger partial charge on any atom is -0.388 e. The molecule has 3 rings (SSSR count). The van der Waals surface area contributed by atoms with Crippen LogP contribution in [0, 0.1) is 17.3 Å². The summed E-state index contributed by atoms with van der Waals surface area (Å²) in [6.07, 6.45) is -3.31. The highest BCUT2D eigenvalue weighted by Crippen LogP contribution is 2.53. The van der Waals surface area contributed by atoms with Crippen LogP contribution in [0.25, 0.3) is 0 Å². The topological polar surface area (TPSA) is 74.7 Å². The van der Waals surface area contributed by atoms with E-state index < -0.39 is 17.8 Å². The number of aliphatic hydroxyl groups is 1. The second-order valence-electron chi connectivity index (χ2n) is 7.84. The molecule has 0 saturated heterocycles. The summed E-state index contributed by atoms with van der Waals surface area (Å²) >= 11 is 5.76. The van der Waals surface area contributed by atoms with E-state index in [1.165, 1.54) is 5.38 Å². The Hall–Kier alpha value is -1.26. The summed E-state index contributed by atoms with van der Waals surface area (Å²) in [5, 5.41) is 17.2. The lowest BCUT2D eigenvalue weighted by Gasteiger charge is -2.41. The minimum atomic E-state index is -4.89. The average molecular weight is 406 g/mol. The molecule has 3 atom stereocenters. The fourth-order valence-corrected chi connectivity index (χ4v) is 4.82. The SMILES string of the molecule is CC(C)(C)C1CCCC2C1=NN(c1nc(C(N)=S)cs1)C2(O)C(F)(F)F. The van der Waals surface area contributed by atoms with Crippen LogP contribution in [0.3, 0.4) is 0 Å². The van der Waals surface area contributed by atoms with Gasteiger partial charge in [-0.25, -0.2) is 4.98 Å². The van der Waals surface area contributed by atoms with E-state index in [0.29, 0.717) is 17.1 Å². The number of anilines is 1. The number of hydrazone groups is 1. The molecule has 3 unspecified atom stereocenters. The number of hydrogen-bond donors (Lipinski definition) is 2. The van der Waals surface area contributed by atoms with Gasteiger partial charge in [0.1, 0.15) is 10.7 Å². The molecule has 5 nitrogen and oxygen atoms in total. The largest absolute Gasteiger partial charge is 0.439 e. The fourth-order valence-electron chi connectivity index (χ4n) is 3.81. The van der Waals surface area contributed by atoms with Gasteiger partial charge in [0.2, 0.25) is 5.13 Å². The zero-order valence-corrected chi connectivity index (χ0v) is 16.3. The first-order valence-electron chi connectivity index (χ1n) is 8.30. The Balaban J connectivity index is 2.13. The number of thiocarbonyl (C=S) groups is 1. The Morgan fingerprint density at radius 2 is 2.04 bits per heavy atom. The summed E-state index contributed by atoms with van der Waals surface area (Å²) in [5.41, 5.74) is 2.75. The molecule has 144 valence electrons. The lowest BCUT2D eigenvalue weighted by molar-refractivity contribution is -0.269. The smallest absolute Gasteiger partial charge is 0.388 e. The third-order valence-corrected chi connectivity index (χ3v) is 6.14. The van der Waals surface area contributed by atoms with E-state index in [1.807, 2.05) is 20.8 Å². The van der Waals surface area contributed by atoms with E-state index in [9.17, 15) is 18.3 Å². The van der Waals surface area contributed by atoms with Crippen molar-refractivity contribution < 1.29 is 18.3 Å². The van der Waals surface area contributed by atoms with Crippen molar-refractivity contribution in [3.8, 4) is 0 Å². The van der Waals surface area contributed by atoms with E-state index in [2.05, 4.69) is 10.1 Å². The number of nitrogens with zero attached hydrogens (tertiary/aromatic N) is 3. The monoisotopic (exact) mass is 406 g/mol. The Bertz CT molecular complexity index is 755. The van der Waals surface area contributed by atoms with Gasteiger partial charge in [-0.15, -0.1) is 11.3 Å². The van der Waals surface area contributed by atoms with E-state index in [0.717, 1.165) is 17.8 Å². The molecule has 1 saturated carbocycles. The average Bonchev–Trinajstić information content (AvgIpc) is 3.09. The molecule has 0 radical (unpaired) electrons. The normalized spacial score (nSPS) is 29.5. The van der Waals surface area contributed by atoms with E-state index in [4.69, 9.17) is 18.0 Å². The molecule has 2 aliphatic rings. The van der Waals surface area contributed by atoms with Crippen molar-refractivity contribution >= 4 is 39.4 Å². The van der Waals surface area contributed by atoms with Gasteiger partial charge in [0.25, 0.3) is 5.72 Å². The van der Waals surface area contributed by atoms with Crippen molar-refractivity contribution in [3.05, 3.63) is 11.1 Å². The molecule has 1 aromatic rings. The highest BCUT2D eigenvalue weighted by molar-refractivity contribution is 7.80. The van der Waals surface area contributed by atoms with Crippen molar-refractivity contribution in [3.63, 3.8) is 0 Å². The number of halogens is 3. The predicted molar refractivity (Wildman–Crippen MR) is 99.2 cm³/mol. The summed E-state index contributed by atoms with van der Waals surface area (Å²) in [7, 11) is 0. The third-order valence-electron chi connectivity index (χ3n) is 5.11. The van der Waals surface area contributed by atoms with Crippen LogP contribution in [0.1, 0.15) is 45.7 Å². The summed E-state index contributed by atoms with van der Waals surface area (Å²) in [6, 6.07) is 0. The zero-order chi connectivity index (χ0) is 19.5. The molecule has 0 aromatic carbocycles. The van der Waals surface area contributed by atoms with Gasteiger partial charge in [-0.3, -0.25) is 0 Å². The van der Waals surface area contributed by atoms with Gasteiger partial charge >= 0.3 is 6.18 Å². The second-order valence-corrected chi connectivity index (χ2v) is 9.12. The summed E-state index contributed by atoms with van der Waals surface area (Å²) in [4.78, 5) is 4.04. The van der Waals surface area contributed by atoms with Crippen LogP contribution >= 0.6 is 23.6 Å². The van der Waals surface area contributed by atoms with Gasteiger partial charge in [-0.1, -0.05) is 39.4 Å². The van der Waals surface area contributed by atoms with Crippen molar-refractivity contribution in [1.29, 1.82) is 0 Å². The molecule has 10 heteroatoms. The van der Waals surface area contributed by atoms with E-state index >= 15 is 0 Å². The maximum absolute atomic E-state index is 14.0. The molecule has 1 aliphatic heterocycles. The first-order valence-corrected chi connectivity index (χ1v) is 9.59. The summed E-state index contributed by atoms with van der Waals surface area (Å²) < 4.78 is 42.0. The van der Waals surface area contributed by atoms with Gasteiger partial charge in [-0.05, 0) is 18.3 Å². The number of thiazole rings is 1. The van der Waals surface area contributed by atoms with Crippen LogP contribution in [-0.2, 0) is 0 Å². The van der Waals surface area contributed by atoms with Gasteiger partial charge in [-0.2, -0.15) is 23.3 Å². The van der Waals surface area contributed by atoms with Crippen molar-refractivity contribution in [2.75, 3.05) is 5.01 Å². The van der Waals surface area contributed by atoms with E-state index in [-0.39, 0.29) is 33.6 Å². The number of aromatic nitrogens is 1. The fraction of sp³-hybridized carbons (Fsp3) is 0.688. The van der Waals surface area contributed by atoms with Crippen LogP contribution in [0.4, 0.5) is 18.3 Å². The number of nitrogens with two attached hydrogens (primary N) is 1. The van der Waals surface area contributed by atoms with Gasteiger partial charge in [0, 0.05) is 11.3 Å². The van der Waals surface area contributed by atoms with Crippen LogP contribution in [0.15, 0.2) is 10.5 Å². The Kier molecular flexibility index (Phi) is 4.60. The quantitative estimate of drug-likeness (QED) is 0.733. The highest BCUT2D eigenvalue weighted by Gasteiger charge is 2.69. The molecular weight excluding hydrogens is 385 g/mol. The molecule has 1 aromatic heterocycles. The second kappa shape index (κ2) is 6.13. The first kappa shape index (κ1) is 19.5. The molecule has 1 fully saturated rings. The number of rotatable bonds is 2. The van der Waals surface area contributed by atoms with Gasteiger partial charge in [0.15, 0.2) is 0 Å². The molecular formula is C16H21F3N4OS2. The lowest BCUT2D eigenvalue weighted by atomic mass is 9.66. The minimum absolute atomic E-state index is 0.0140. The summed E-state index contributed by atoms with van der Waals surface area (Å²) in [6.45, 7) is 5.94. The molecule has 0 amide bonds. The molecule has 3 N–H and O–H groups in total. The molecule has 2 heterocycles. The van der Waals surface area contributed by atoms with Crippen LogP contribution in [0.2, 0.25) is 0 Å². The number of fused-ring (bicyclic) bond motifs is 1. The van der Waals surface area contributed by atoms with Gasteiger partial charge in [0.05, 0.1) is 11.6 Å². The van der Waals surface area contributed by atoms with Crippen molar-refractivity contribution in [2.45, 2.75) is 51.9 Å². The molecule has 26 heavy (non-hydrogen) atoms. The molecule has 0 bridgehead atoms. The van der Waals surface area contributed by atoms with Crippen LogP contribution < -0.4 is 10.7 Å². The van der Waals surface area contributed by atoms with Gasteiger partial charge < -0.3 is 10.8 Å². The predicted octanol–water partition coefficient (Wildman–Crippen LogP) is 3.67. The number of alkyl halides is 3. The Morgan fingerprint density at radius 3 is 2.54 bits per heavy atom. The maximum Gasteiger partial charge on any atom is 0.439 e. The Morgan fingerprint density at radius 1 is 1.38 bits per heavy atom. The van der Waals surface area contributed by atoms with Crippen molar-refractivity contribution in [2.24, 2.45) is 28.1 Å². The summed E-state index contributed by atoms with van der Waals surface area (Å²) in [5.74, 6) is -1.26. The van der Waals surface area contributed by atoms with Crippen LogP contribution in [0.5, 0.6) is 0 Å². The van der Waals surface area contributed by atoms with E-state index in [1.54, 1.807) is 0 Å². The third kappa shape index (κ3) is 2.91. The Labute approximate surface area is 159 Å². The zero-order valence-electron chi connectivity index (χ0n) is 14.7. The highest BCUT2D eigenvalue weighted by atomic mass is 32.1. The molecule has 1 aliphatic carbocycles. The standard InChI is InChI=1S/C16H21F3N4OS2/c1-14(2,3)8-5-4-6-9-11(8)22-23(15(9,24)16(17,18)19)13-21-10(7-26-13)12(20)25/h7-9,24H,4-6H2,1-3H3,(H2,20,25). The maximum atomic E-state index is 14.0. The lowest BCUT2D eigenvalue weighted by Crippen LogP contribution is -2.61. The number of hydrogen-bond acceptors (Lipinski definition) is 6. The van der Waals surface area contributed by atoms with Crippen LogP contribution in [-0.4, -0.2) is 32.7 Å².